The third kappa shape index (κ3) is 1.61. The van der Waals surface area contributed by atoms with Crippen molar-refractivity contribution in [1.29, 1.82) is 0 Å². The molecule has 0 aromatic heterocycles. The van der Waals surface area contributed by atoms with Crippen LogP contribution in [0.4, 0.5) is 0 Å². The van der Waals surface area contributed by atoms with Gasteiger partial charge in [-0.1, -0.05) is 0 Å². The largest absolute Gasteiger partial charge is 0.317 e. The fourth-order valence-corrected chi connectivity index (χ4v) is 4.15. The lowest BCUT2D eigenvalue weighted by atomic mass is 9.91. The smallest absolute Gasteiger partial charge is 0.0714 e. The van der Waals surface area contributed by atoms with Crippen LogP contribution in [-0.2, 0) is 0 Å². The number of fused-ring (bicyclic) bond motifs is 1. The minimum atomic E-state index is 0.667. The van der Waals surface area contributed by atoms with E-state index in [1.54, 1.807) is 0 Å². The summed E-state index contributed by atoms with van der Waals surface area (Å²) in [6.45, 7) is 0. The van der Waals surface area contributed by atoms with E-state index in [0.29, 0.717) is 6.04 Å². The van der Waals surface area contributed by atoms with Crippen LogP contribution in [0.1, 0.15) is 32.1 Å². The van der Waals surface area contributed by atoms with Crippen molar-refractivity contribution in [2.45, 2.75) is 49.4 Å². The molecule has 1 N–H and O–H groups in total. The summed E-state index contributed by atoms with van der Waals surface area (Å²) in [5.74, 6) is 0.874. The Morgan fingerprint density at radius 1 is 1.29 bits per heavy atom. The summed E-state index contributed by atoms with van der Waals surface area (Å²) >= 11 is 2.09. The first-order chi connectivity index (χ1) is 6.86. The van der Waals surface area contributed by atoms with Gasteiger partial charge in [-0.25, -0.2) is 0 Å². The Morgan fingerprint density at radius 2 is 2.14 bits per heavy atom. The van der Waals surface area contributed by atoms with E-state index in [1.807, 2.05) is 0 Å². The van der Waals surface area contributed by atoms with Crippen molar-refractivity contribution in [2.75, 3.05) is 7.05 Å². The molecule has 3 rings (SSSR count). The number of aliphatic imine (C=N–C) groups is 1. The highest BCUT2D eigenvalue weighted by Crippen LogP contribution is 2.45. The predicted octanol–water partition coefficient (Wildman–Crippen LogP) is 2.05. The van der Waals surface area contributed by atoms with Gasteiger partial charge in [0.25, 0.3) is 0 Å². The molecule has 14 heavy (non-hydrogen) atoms. The van der Waals surface area contributed by atoms with Crippen LogP contribution >= 0.6 is 11.8 Å². The molecule has 0 aromatic rings. The molecule has 2 aliphatic carbocycles. The molecule has 2 fully saturated rings. The van der Waals surface area contributed by atoms with Crippen LogP contribution in [0.2, 0.25) is 0 Å². The molecule has 3 aliphatic rings. The van der Waals surface area contributed by atoms with Crippen LogP contribution in [0.15, 0.2) is 4.99 Å². The lowest BCUT2D eigenvalue weighted by Gasteiger charge is -2.29. The molecule has 0 amide bonds. The van der Waals surface area contributed by atoms with E-state index in [9.17, 15) is 0 Å². The normalized spacial score (nSPS) is 42.1. The summed E-state index contributed by atoms with van der Waals surface area (Å²) < 4.78 is 0. The van der Waals surface area contributed by atoms with Crippen molar-refractivity contribution >= 4 is 16.8 Å². The molecular formula is C11H18N2S. The standard InChI is InChI=1S/C11H18N2S/c1-12-8-4-5-9-10(6-8)14-11(13-9)7-2-3-7/h7-10,12H,2-6H2,1H3. The maximum atomic E-state index is 4.89. The van der Waals surface area contributed by atoms with Crippen molar-refractivity contribution in [3.8, 4) is 0 Å². The summed E-state index contributed by atoms with van der Waals surface area (Å²) in [7, 11) is 2.09. The van der Waals surface area contributed by atoms with Gasteiger partial charge in [-0.2, -0.15) is 0 Å². The molecule has 0 bridgehead atoms. The summed E-state index contributed by atoms with van der Waals surface area (Å²) in [4.78, 5) is 4.89. The van der Waals surface area contributed by atoms with Crippen LogP contribution in [0.3, 0.4) is 0 Å². The minimum Gasteiger partial charge on any atom is -0.317 e. The third-order valence-corrected chi connectivity index (χ3v) is 5.15. The Labute approximate surface area is 89.9 Å². The molecule has 0 radical (unpaired) electrons. The zero-order valence-corrected chi connectivity index (χ0v) is 9.52. The topological polar surface area (TPSA) is 24.4 Å². The van der Waals surface area contributed by atoms with E-state index < -0.39 is 0 Å². The van der Waals surface area contributed by atoms with E-state index in [0.717, 1.165) is 17.2 Å². The molecule has 1 heterocycles. The molecule has 1 aliphatic heterocycles. The molecule has 78 valence electrons. The molecule has 2 saturated carbocycles. The van der Waals surface area contributed by atoms with E-state index in [2.05, 4.69) is 24.1 Å². The van der Waals surface area contributed by atoms with Gasteiger partial charge in [0.15, 0.2) is 0 Å². The van der Waals surface area contributed by atoms with Gasteiger partial charge in [-0.05, 0) is 39.2 Å². The number of hydrogen-bond donors (Lipinski definition) is 1. The highest BCUT2D eigenvalue weighted by atomic mass is 32.2. The second kappa shape index (κ2) is 3.53. The van der Waals surface area contributed by atoms with Gasteiger partial charge in [0.2, 0.25) is 0 Å². The fourth-order valence-electron chi connectivity index (χ4n) is 2.53. The Morgan fingerprint density at radius 3 is 2.86 bits per heavy atom. The first-order valence-electron chi connectivity index (χ1n) is 5.78. The van der Waals surface area contributed by atoms with Gasteiger partial charge < -0.3 is 5.32 Å². The van der Waals surface area contributed by atoms with Gasteiger partial charge in [-0.3, -0.25) is 4.99 Å². The Balaban J connectivity index is 1.66. The van der Waals surface area contributed by atoms with Crippen LogP contribution < -0.4 is 5.32 Å². The minimum absolute atomic E-state index is 0.667. The first kappa shape index (κ1) is 9.22. The molecule has 2 nitrogen and oxygen atoms in total. The molecule has 3 atom stereocenters. The number of nitrogens with one attached hydrogen (secondary N) is 1. The van der Waals surface area contributed by atoms with Crippen LogP contribution in [-0.4, -0.2) is 29.4 Å². The zero-order valence-electron chi connectivity index (χ0n) is 8.70. The lowest BCUT2D eigenvalue weighted by molar-refractivity contribution is 0.373. The highest BCUT2D eigenvalue weighted by Gasteiger charge is 2.40. The van der Waals surface area contributed by atoms with Crippen molar-refractivity contribution < 1.29 is 0 Å². The number of thioether (sulfide) groups is 1. The predicted molar refractivity (Wildman–Crippen MR) is 62.0 cm³/mol. The van der Waals surface area contributed by atoms with Crippen LogP contribution in [0.25, 0.3) is 0 Å². The lowest BCUT2D eigenvalue weighted by Crippen LogP contribution is -2.37. The molecule has 3 heteroatoms. The maximum Gasteiger partial charge on any atom is 0.0714 e. The van der Waals surface area contributed by atoms with Gasteiger partial charge in [-0.15, -0.1) is 11.8 Å². The monoisotopic (exact) mass is 210 g/mol. The van der Waals surface area contributed by atoms with E-state index >= 15 is 0 Å². The summed E-state index contributed by atoms with van der Waals surface area (Å²) in [6, 6.07) is 1.41. The van der Waals surface area contributed by atoms with Crippen molar-refractivity contribution in [2.24, 2.45) is 10.9 Å². The first-order valence-corrected chi connectivity index (χ1v) is 6.66. The third-order valence-electron chi connectivity index (χ3n) is 3.66. The Bertz CT molecular complexity index is 260. The second-order valence-electron chi connectivity index (χ2n) is 4.76. The molecule has 0 spiro atoms. The quantitative estimate of drug-likeness (QED) is 0.754. The number of nitrogens with zero attached hydrogens (tertiary/aromatic N) is 1. The average Bonchev–Trinajstić information content (AvgIpc) is 2.97. The number of rotatable bonds is 2. The van der Waals surface area contributed by atoms with Gasteiger partial charge >= 0.3 is 0 Å². The summed E-state index contributed by atoms with van der Waals surface area (Å²) in [6.07, 6.45) is 6.76. The zero-order chi connectivity index (χ0) is 9.54. The Hall–Kier alpha value is -0.0200. The molecular weight excluding hydrogens is 192 g/mol. The second-order valence-corrected chi connectivity index (χ2v) is 6.02. The number of hydrogen-bond acceptors (Lipinski definition) is 3. The average molecular weight is 210 g/mol. The fraction of sp³-hybridized carbons (Fsp3) is 0.909. The van der Waals surface area contributed by atoms with E-state index in [1.165, 1.54) is 37.1 Å². The van der Waals surface area contributed by atoms with Crippen LogP contribution in [0, 0.1) is 5.92 Å². The van der Waals surface area contributed by atoms with Crippen molar-refractivity contribution in [1.82, 2.24) is 5.32 Å². The van der Waals surface area contributed by atoms with Gasteiger partial charge in [0.1, 0.15) is 0 Å². The van der Waals surface area contributed by atoms with Crippen molar-refractivity contribution in [3.05, 3.63) is 0 Å². The van der Waals surface area contributed by atoms with Crippen molar-refractivity contribution in [3.63, 3.8) is 0 Å². The molecule has 0 saturated heterocycles. The Kier molecular flexibility index (Phi) is 2.32. The van der Waals surface area contributed by atoms with Crippen LogP contribution in [0.5, 0.6) is 0 Å². The van der Waals surface area contributed by atoms with Gasteiger partial charge in [0, 0.05) is 17.2 Å². The SMILES string of the molecule is CNC1CCC2N=C(C3CC3)SC2C1. The maximum absolute atomic E-state index is 4.89. The summed E-state index contributed by atoms with van der Waals surface area (Å²) in [5, 5.41) is 5.71. The van der Waals surface area contributed by atoms with E-state index in [-0.39, 0.29) is 0 Å². The summed E-state index contributed by atoms with van der Waals surface area (Å²) in [5.41, 5.74) is 0. The van der Waals surface area contributed by atoms with E-state index in [4.69, 9.17) is 4.99 Å². The van der Waals surface area contributed by atoms with Gasteiger partial charge in [0.05, 0.1) is 11.1 Å². The molecule has 0 aromatic carbocycles. The molecule has 3 unspecified atom stereocenters. The highest BCUT2D eigenvalue weighted by molar-refractivity contribution is 8.14.